The first-order valence-electron chi connectivity index (χ1n) is 3.42. The molecule has 66 valence electrons. The van der Waals surface area contributed by atoms with Gasteiger partial charge in [0.15, 0.2) is 10.1 Å². The van der Waals surface area contributed by atoms with Crippen LogP contribution in [-0.2, 0) is 0 Å². The monoisotopic (exact) mass is 186 g/mol. The molecule has 0 saturated carbocycles. The number of aryl methyl sites for hydroxylation is 1. The Kier molecular flexibility index (Phi) is 2.65. The number of thiazole rings is 1. The third-order valence-electron chi connectivity index (χ3n) is 1.36. The molecule has 1 heterocycles. The van der Waals surface area contributed by atoms with Gasteiger partial charge in [-0.2, -0.15) is 0 Å². The number of carbonyl (C=O) groups is 1. The van der Waals surface area contributed by atoms with Crippen LogP contribution in [0.1, 0.15) is 15.5 Å². The van der Waals surface area contributed by atoms with Gasteiger partial charge in [0.2, 0.25) is 0 Å². The van der Waals surface area contributed by atoms with E-state index < -0.39 is 0 Å². The van der Waals surface area contributed by atoms with Crippen LogP contribution in [0, 0.1) is 6.92 Å². The van der Waals surface area contributed by atoms with Crippen LogP contribution in [0.2, 0.25) is 0 Å². The Bertz CT molecular complexity index is 296. The second-order valence-electron chi connectivity index (χ2n) is 2.18. The van der Waals surface area contributed by atoms with Gasteiger partial charge in [-0.1, -0.05) is 11.3 Å². The number of rotatable bonds is 2. The summed E-state index contributed by atoms with van der Waals surface area (Å²) in [5.74, 6) is -0.175. The number of carbonyl (C=O) groups excluding carboxylic acids is 1. The highest BCUT2D eigenvalue weighted by Crippen LogP contribution is 2.25. The van der Waals surface area contributed by atoms with E-state index in [-0.39, 0.29) is 5.91 Å². The van der Waals surface area contributed by atoms with Crippen LogP contribution in [0.5, 0.6) is 5.06 Å². The highest BCUT2D eigenvalue weighted by atomic mass is 32.1. The molecule has 0 saturated heterocycles. The van der Waals surface area contributed by atoms with E-state index in [2.05, 4.69) is 10.3 Å². The van der Waals surface area contributed by atoms with Gasteiger partial charge in [0, 0.05) is 7.05 Å². The third-order valence-corrected chi connectivity index (χ3v) is 2.48. The molecule has 5 heteroatoms. The molecule has 0 aliphatic rings. The van der Waals surface area contributed by atoms with Crippen LogP contribution >= 0.6 is 11.3 Å². The highest BCUT2D eigenvalue weighted by Gasteiger charge is 2.12. The van der Waals surface area contributed by atoms with Crippen LogP contribution in [0.4, 0.5) is 0 Å². The summed E-state index contributed by atoms with van der Waals surface area (Å²) in [4.78, 5) is 15.1. The smallest absolute Gasteiger partial charge is 0.280 e. The summed E-state index contributed by atoms with van der Waals surface area (Å²) in [6.07, 6.45) is 0. The summed E-state index contributed by atoms with van der Waals surface area (Å²) in [5, 5.41) is 3.62. The highest BCUT2D eigenvalue weighted by molar-refractivity contribution is 7.15. The molecule has 0 atom stereocenters. The van der Waals surface area contributed by atoms with Gasteiger partial charge >= 0.3 is 0 Å². The van der Waals surface area contributed by atoms with Crippen molar-refractivity contribution in [1.29, 1.82) is 0 Å². The summed E-state index contributed by atoms with van der Waals surface area (Å²) in [5.41, 5.74) is 0.751. The Morgan fingerprint density at radius 2 is 2.33 bits per heavy atom. The minimum absolute atomic E-state index is 0.175. The average molecular weight is 186 g/mol. The number of hydrogen-bond donors (Lipinski definition) is 1. The fourth-order valence-corrected chi connectivity index (χ4v) is 1.61. The predicted octanol–water partition coefficient (Wildman–Crippen LogP) is 0.820. The number of hydrogen-bond acceptors (Lipinski definition) is 4. The van der Waals surface area contributed by atoms with E-state index >= 15 is 0 Å². The molecule has 0 aromatic carbocycles. The molecule has 0 radical (unpaired) electrons. The van der Waals surface area contributed by atoms with Crippen molar-refractivity contribution in [3.8, 4) is 5.06 Å². The van der Waals surface area contributed by atoms with Crippen molar-refractivity contribution < 1.29 is 9.53 Å². The molecule has 1 N–H and O–H groups in total. The molecular formula is C7H10N2O2S. The Morgan fingerprint density at radius 1 is 1.67 bits per heavy atom. The molecule has 0 unspecified atom stereocenters. The number of methoxy groups -OCH3 is 1. The molecule has 0 spiro atoms. The summed E-state index contributed by atoms with van der Waals surface area (Å²) in [6, 6.07) is 0. The summed E-state index contributed by atoms with van der Waals surface area (Å²) >= 11 is 1.25. The zero-order valence-corrected chi connectivity index (χ0v) is 7.99. The average Bonchev–Trinajstić information content (AvgIpc) is 2.45. The van der Waals surface area contributed by atoms with Gasteiger partial charge in [-0.25, -0.2) is 4.98 Å². The number of nitrogens with zero attached hydrogens (tertiary/aromatic N) is 1. The van der Waals surface area contributed by atoms with E-state index in [0.717, 1.165) is 5.69 Å². The van der Waals surface area contributed by atoms with Crippen molar-refractivity contribution in [2.75, 3.05) is 14.2 Å². The van der Waals surface area contributed by atoms with E-state index in [4.69, 9.17) is 4.74 Å². The van der Waals surface area contributed by atoms with Crippen molar-refractivity contribution in [2.45, 2.75) is 6.92 Å². The first-order valence-corrected chi connectivity index (χ1v) is 4.24. The van der Waals surface area contributed by atoms with Crippen LogP contribution in [0.25, 0.3) is 0 Å². The molecule has 1 aromatic rings. The SMILES string of the molecule is CNC(=O)c1nc(C)c(OC)s1. The molecule has 12 heavy (non-hydrogen) atoms. The van der Waals surface area contributed by atoms with E-state index in [0.29, 0.717) is 10.1 Å². The summed E-state index contributed by atoms with van der Waals surface area (Å²) in [6.45, 7) is 1.81. The van der Waals surface area contributed by atoms with Crippen LogP contribution in [0.3, 0.4) is 0 Å². The minimum Gasteiger partial charge on any atom is -0.486 e. The lowest BCUT2D eigenvalue weighted by Gasteiger charge is -1.91. The first kappa shape index (κ1) is 8.99. The standard InChI is InChI=1S/C7H10N2O2S/c1-4-7(11-3)12-6(9-4)5(10)8-2/h1-3H3,(H,8,10). The van der Waals surface area contributed by atoms with Gasteiger partial charge in [0.25, 0.3) is 5.91 Å². The fraction of sp³-hybridized carbons (Fsp3) is 0.429. The number of aromatic nitrogens is 1. The molecule has 1 aromatic heterocycles. The first-order chi connectivity index (χ1) is 5.69. The van der Waals surface area contributed by atoms with E-state index in [9.17, 15) is 4.79 Å². The summed E-state index contributed by atoms with van der Waals surface area (Å²) in [7, 11) is 3.14. The second kappa shape index (κ2) is 3.53. The molecule has 0 aliphatic heterocycles. The molecule has 1 amide bonds. The number of ether oxygens (including phenoxy) is 1. The molecular weight excluding hydrogens is 176 g/mol. The maximum atomic E-state index is 11.1. The van der Waals surface area contributed by atoms with Gasteiger partial charge in [-0.15, -0.1) is 0 Å². The molecule has 4 nitrogen and oxygen atoms in total. The van der Waals surface area contributed by atoms with Crippen molar-refractivity contribution in [2.24, 2.45) is 0 Å². The Balaban J connectivity index is 2.96. The summed E-state index contributed by atoms with van der Waals surface area (Å²) < 4.78 is 5.00. The maximum absolute atomic E-state index is 11.1. The lowest BCUT2D eigenvalue weighted by Crippen LogP contribution is -2.17. The molecule has 0 aliphatic carbocycles. The lowest BCUT2D eigenvalue weighted by molar-refractivity contribution is 0.0962. The van der Waals surface area contributed by atoms with Crippen molar-refractivity contribution >= 4 is 17.2 Å². The number of amides is 1. The van der Waals surface area contributed by atoms with Gasteiger partial charge < -0.3 is 10.1 Å². The van der Waals surface area contributed by atoms with E-state index in [1.54, 1.807) is 14.2 Å². The van der Waals surface area contributed by atoms with Crippen LogP contribution < -0.4 is 10.1 Å². The lowest BCUT2D eigenvalue weighted by atomic mass is 10.5. The topological polar surface area (TPSA) is 51.2 Å². The van der Waals surface area contributed by atoms with Crippen molar-refractivity contribution in [3.05, 3.63) is 10.7 Å². The molecule has 0 bridgehead atoms. The van der Waals surface area contributed by atoms with Crippen LogP contribution in [0.15, 0.2) is 0 Å². The van der Waals surface area contributed by atoms with Crippen molar-refractivity contribution in [3.63, 3.8) is 0 Å². The van der Waals surface area contributed by atoms with Gasteiger partial charge in [0.1, 0.15) is 0 Å². The zero-order valence-electron chi connectivity index (χ0n) is 7.17. The largest absolute Gasteiger partial charge is 0.486 e. The minimum atomic E-state index is -0.175. The van der Waals surface area contributed by atoms with Crippen molar-refractivity contribution in [1.82, 2.24) is 10.3 Å². The Hall–Kier alpha value is -1.10. The quantitative estimate of drug-likeness (QED) is 0.744. The van der Waals surface area contributed by atoms with Gasteiger partial charge in [0.05, 0.1) is 12.8 Å². The van der Waals surface area contributed by atoms with E-state index in [1.807, 2.05) is 6.92 Å². The second-order valence-corrected chi connectivity index (χ2v) is 3.14. The maximum Gasteiger partial charge on any atom is 0.280 e. The fourth-order valence-electron chi connectivity index (χ4n) is 0.776. The van der Waals surface area contributed by atoms with E-state index in [1.165, 1.54) is 11.3 Å². The van der Waals surface area contributed by atoms with Crippen LogP contribution in [-0.4, -0.2) is 25.0 Å². The normalized spacial score (nSPS) is 9.58. The third kappa shape index (κ3) is 1.55. The predicted molar refractivity (Wildman–Crippen MR) is 46.8 cm³/mol. The van der Waals surface area contributed by atoms with Gasteiger partial charge in [-0.05, 0) is 6.92 Å². The Morgan fingerprint density at radius 3 is 2.75 bits per heavy atom. The molecule has 1 rings (SSSR count). The Labute approximate surface area is 74.6 Å². The zero-order chi connectivity index (χ0) is 9.14. The molecule has 0 fully saturated rings. The number of nitrogens with one attached hydrogen (secondary N) is 1. The van der Waals surface area contributed by atoms with Gasteiger partial charge in [-0.3, -0.25) is 4.79 Å².